The molecular formula is C29H22N4O. The van der Waals surface area contributed by atoms with Crippen molar-refractivity contribution in [2.24, 2.45) is 5.92 Å². The van der Waals surface area contributed by atoms with E-state index in [2.05, 4.69) is 39.9 Å². The number of Topliss-reactive ketones (excluding diaryl/α,β-unsaturated/α-hetero) is 1. The fourth-order valence-electron chi connectivity index (χ4n) is 5.65. The van der Waals surface area contributed by atoms with Crippen molar-refractivity contribution in [1.29, 1.82) is 5.26 Å². The van der Waals surface area contributed by atoms with Crippen LogP contribution in [-0.4, -0.2) is 20.3 Å². The number of aromatic nitrogens is 3. The maximum atomic E-state index is 12.8. The zero-order valence-corrected chi connectivity index (χ0v) is 18.6. The molecule has 5 nitrogen and oxygen atoms in total. The van der Waals surface area contributed by atoms with Gasteiger partial charge in [0.15, 0.2) is 5.78 Å². The van der Waals surface area contributed by atoms with Crippen molar-refractivity contribution in [2.75, 3.05) is 0 Å². The molecule has 0 aliphatic heterocycles. The van der Waals surface area contributed by atoms with Gasteiger partial charge in [-0.3, -0.25) is 14.3 Å². The van der Waals surface area contributed by atoms with E-state index in [-0.39, 0.29) is 17.3 Å². The van der Waals surface area contributed by atoms with Crippen molar-refractivity contribution in [1.82, 2.24) is 14.5 Å². The molecule has 5 heteroatoms. The number of nitrogens with zero attached hydrogens (tertiary/aromatic N) is 4. The molecule has 6 rings (SSSR count). The van der Waals surface area contributed by atoms with Gasteiger partial charge in [0.2, 0.25) is 0 Å². The number of para-hydroxylation sites is 1. The highest BCUT2D eigenvalue weighted by Gasteiger charge is 2.51. The summed E-state index contributed by atoms with van der Waals surface area (Å²) < 4.78 is 2.24. The summed E-state index contributed by atoms with van der Waals surface area (Å²) in [6.07, 6.45) is 7.47. The van der Waals surface area contributed by atoms with E-state index in [4.69, 9.17) is 4.98 Å². The molecule has 4 aromatic rings. The third-order valence-corrected chi connectivity index (χ3v) is 7.17. The minimum atomic E-state index is -0.629. The summed E-state index contributed by atoms with van der Waals surface area (Å²) in [5.74, 6) is 0.828. The van der Waals surface area contributed by atoms with Gasteiger partial charge >= 0.3 is 0 Å². The van der Waals surface area contributed by atoms with E-state index >= 15 is 0 Å². The highest BCUT2D eigenvalue weighted by molar-refractivity contribution is 6.01. The van der Waals surface area contributed by atoms with Gasteiger partial charge in [-0.15, -0.1) is 0 Å². The summed E-state index contributed by atoms with van der Waals surface area (Å²) in [7, 11) is 0. The van der Waals surface area contributed by atoms with Crippen molar-refractivity contribution >= 4 is 5.78 Å². The van der Waals surface area contributed by atoms with Gasteiger partial charge < -0.3 is 0 Å². The van der Waals surface area contributed by atoms with Crippen molar-refractivity contribution in [3.8, 4) is 23.1 Å². The van der Waals surface area contributed by atoms with Gasteiger partial charge in [-0.2, -0.15) is 5.26 Å². The number of fused-ring (bicyclic) bond motifs is 3. The van der Waals surface area contributed by atoms with Crippen LogP contribution in [0.3, 0.4) is 0 Å². The fraction of sp³-hybridized carbons (Fsp3) is 0.172. The molecule has 164 valence electrons. The van der Waals surface area contributed by atoms with Crippen LogP contribution in [0.25, 0.3) is 17.1 Å². The molecule has 0 bridgehead atoms. The van der Waals surface area contributed by atoms with E-state index in [0.717, 1.165) is 46.9 Å². The summed E-state index contributed by atoms with van der Waals surface area (Å²) >= 11 is 0. The third kappa shape index (κ3) is 2.96. The molecule has 2 atom stereocenters. The highest BCUT2D eigenvalue weighted by atomic mass is 16.1. The molecule has 0 saturated heterocycles. The summed E-state index contributed by atoms with van der Waals surface area (Å²) in [6.45, 7) is 0. The second-order valence-electron chi connectivity index (χ2n) is 8.91. The van der Waals surface area contributed by atoms with Crippen molar-refractivity contribution in [2.45, 2.75) is 24.7 Å². The summed E-state index contributed by atoms with van der Waals surface area (Å²) in [5.41, 5.74) is 4.75. The van der Waals surface area contributed by atoms with Crippen LogP contribution in [0.2, 0.25) is 0 Å². The maximum absolute atomic E-state index is 12.8. The number of carbonyl (C=O) groups excluding carboxylic acids is 1. The molecular weight excluding hydrogens is 420 g/mol. The monoisotopic (exact) mass is 442 g/mol. The molecule has 0 N–H and O–H groups in total. The first-order valence-electron chi connectivity index (χ1n) is 11.5. The second-order valence-corrected chi connectivity index (χ2v) is 8.91. The molecule has 2 aliphatic rings. The van der Waals surface area contributed by atoms with Crippen molar-refractivity contribution in [3.05, 3.63) is 114 Å². The van der Waals surface area contributed by atoms with Gasteiger partial charge in [-0.05, 0) is 54.7 Å². The lowest BCUT2D eigenvalue weighted by Gasteiger charge is -2.44. The number of hydrogen-bond acceptors (Lipinski definition) is 4. The number of allylic oxidation sites excluding steroid dienone is 2. The SMILES string of the molecule is N#CC1=CC2(c3ccccc3)c3nc(-c4ccncc4)n(-c4ccccc4)c3CCC2CC1=O. The van der Waals surface area contributed by atoms with Crippen LogP contribution < -0.4 is 0 Å². The predicted octanol–water partition coefficient (Wildman–Crippen LogP) is 5.21. The average Bonchev–Trinajstić information content (AvgIpc) is 3.30. The van der Waals surface area contributed by atoms with Crippen molar-refractivity contribution < 1.29 is 4.79 Å². The Kier molecular flexibility index (Phi) is 4.74. The van der Waals surface area contributed by atoms with Gasteiger partial charge in [0, 0.05) is 35.8 Å². The Hall–Kier alpha value is -4.30. The zero-order chi connectivity index (χ0) is 23.1. The number of hydrogen-bond donors (Lipinski definition) is 0. The Morgan fingerprint density at radius 1 is 0.971 bits per heavy atom. The summed E-state index contributed by atoms with van der Waals surface area (Å²) in [4.78, 5) is 22.2. The number of carbonyl (C=O) groups is 1. The van der Waals surface area contributed by atoms with Crippen LogP contribution in [0.5, 0.6) is 0 Å². The largest absolute Gasteiger partial charge is 0.296 e. The zero-order valence-electron chi connectivity index (χ0n) is 18.6. The van der Waals surface area contributed by atoms with Crippen LogP contribution in [0.15, 0.2) is 96.8 Å². The molecule has 0 amide bonds. The van der Waals surface area contributed by atoms with E-state index in [0.29, 0.717) is 6.42 Å². The fourth-order valence-corrected chi connectivity index (χ4v) is 5.65. The quantitative estimate of drug-likeness (QED) is 0.437. The van der Waals surface area contributed by atoms with Gasteiger partial charge in [-0.1, -0.05) is 48.5 Å². The summed E-state index contributed by atoms with van der Waals surface area (Å²) in [5, 5.41) is 9.81. The Morgan fingerprint density at radius 3 is 2.38 bits per heavy atom. The van der Waals surface area contributed by atoms with E-state index in [1.165, 1.54) is 0 Å². The number of benzene rings is 2. The van der Waals surface area contributed by atoms with Gasteiger partial charge in [0.05, 0.1) is 16.7 Å². The molecule has 34 heavy (non-hydrogen) atoms. The maximum Gasteiger partial charge on any atom is 0.173 e. The Labute approximate surface area is 198 Å². The molecule has 2 heterocycles. The highest BCUT2D eigenvalue weighted by Crippen LogP contribution is 2.52. The smallest absolute Gasteiger partial charge is 0.173 e. The molecule has 2 aromatic heterocycles. The standard InChI is InChI=1S/C29H22N4O/c30-19-21-18-29(22-7-3-1-4-8-22)23(17-26(21)34)11-12-25-27(29)32-28(20-13-15-31-16-14-20)33(25)24-9-5-2-6-10-24/h1-10,13-16,18,23H,11-12,17H2. The lowest BCUT2D eigenvalue weighted by Crippen LogP contribution is -2.44. The Morgan fingerprint density at radius 2 is 1.68 bits per heavy atom. The van der Waals surface area contributed by atoms with E-state index < -0.39 is 5.41 Å². The number of pyridine rings is 1. The van der Waals surface area contributed by atoms with Crippen LogP contribution in [0, 0.1) is 17.2 Å². The Bertz CT molecular complexity index is 1450. The van der Waals surface area contributed by atoms with Crippen LogP contribution in [0.1, 0.15) is 29.8 Å². The molecule has 2 aromatic carbocycles. The second kappa shape index (κ2) is 7.93. The number of nitriles is 1. The molecule has 0 fully saturated rings. The molecule has 0 radical (unpaired) electrons. The Balaban J connectivity index is 1.71. The minimum Gasteiger partial charge on any atom is -0.296 e. The van der Waals surface area contributed by atoms with E-state index in [9.17, 15) is 10.1 Å². The van der Waals surface area contributed by atoms with Gasteiger partial charge in [0.25, 0.3) is 0 Å². The predicted molar refractivity (Wildman–Crippen MR) is 129 cm³/mol. The van der Waals surface area contributed by atoms with Crippen LogP contribution >= 0.6 is 0 Å². The first-order chi connectivity index (χ1) is 16.7. The molecule has 2 unspecified atom stereocenters. The lowest BCUT2D eigenvalue weighted by atomic mass is 9.58. The number of rotatable bonds is 3. The topological polar surface area (TPSA) is 71.6 Å². The first-order valence-corrected chi connectivity index (χ1v) is 11.5. The van der Waals surface area contributed by atoms with Crippen LogP contribution in [-0.2, 0) is 16.6 Å². The van der Waals surface area contributed by atoms with E-state index in [1.54, 1.807) is 12.4 Å². The average molecular weight is 443 g/mol. The van der Waals surface area contributed by atoms with Gasteiger partial charge in [0.1, 0.15) is 11.9 Å². The number of imidazole rings is 1. The van der Waals surface area contributed by atoms with Crippen LogP contribution in [0.4, 0.5) is 0 Å². The summed E-state index contributed by atoms with van der Waals surface area (Å²) in [6, 6.07) is 26.6. The third-order valence-electron chi connectivity index (χ3n) is 7.17. The molecule has 2 aliphatic carbocycles. The van der Waals surface area contributed by atoms with E-state index in [1.807, 2.05) is 54.6 Å². The van der Waals surface area contributed by atoms with Crippen molar-refractivity contribution in [3.63, 3.8) is 0 Å². The van der Waals surface area contributed by atoms with Gasteiger partial charge in [-0.25, -0.2) is 4.98 Å². The normalized spacial score (nSPS) is 21.2. The minimum absolute atomic E-state index is 0.0522. The molecule has 0 saturated carbocycles. The molecule has 0 spiro atoms. The first kappa shape index (κ1) is 20.3. The number of ketones is 1. The lowest BCUT2D eigenvalue weighted by molar-refractivity contribution is -0.117.